The van der Waals surface area contributed by atoms with Crippen molar-refractivity contribution >= 4 is 24.0 Å². The van der Waals surface area contributed by atoms with Crippen LogP contribution in [0.15, 0.2) is 30.3 Å². The van der Waals surface area contributed by atoms with Crippen LogP contribution in [0, 0.1) is 0 Å². The molecule has 0 amide bonds. The molecule has 0 heterocycles. The summed E-state index contributed by atoms with van der Waals surface area (Å²) in [7, 11) is -2.81. The Morgan fingerprint density at radius 2 is 1.35 bits per heavy atom. The molecule has 1 aromatic rings. The Morgan fingerprint density at radius 3 is 1.74 bits per heavy atom. The van der Waals surface area contributed by atoms with E-state index in [9.17, 15) is 9.59 Å². The predicted molar refractivity (Wildman–Crippen MR) is 91.4 cm³/mol. The second-order valence-electron chi connectivity index (χ2n) is 5.28. The second-order valence-corrected chi connectivity index (χ2v) is 8.54. The zero-order valence-corrected chi connectivity index (χ0v) is 17.1. The first-order valence-corrected chi connectivity index (χ1v) is 10.1. The number of halogens is 1. The van der Waals surface area contributed by atoms with Gasteiger partial charge in [0.15, 0.2) is 0 Å². The molecule has 1 rings (SSSR count). The van der Waals surface area contributed by atoms with E-state index < -0.39 is 18.7 Å². The van der Waals surface area contributed by atoms with Gasteiger partial charge in [-0.05, 0) is 25.0 Å². The monoisotopic (exact) mass is 452 g/mol. The van der Waals surface area contributed by atoms with Gasteiger partial charge in [0.2, 0.25) is 0 Å². The fourth-order valence-corrected chi connectivity index (χ4v) is 3.92. The molecule has 0 saturated heterocycles. The maximum atomic E-state index is 12.5. The Balaban J connectivity index is 0.00000484. The van der Waals surface area contributed by atoms with Gasteiger partial charge < -0.3 is 33.5 Å². The lowest BCUT2D eigenvalue weighted by Crippen LogP contribution is -3.00. The van der Waals surface area contributed by atoms with Gasteiger partial charge in [0.25, 0.3) is 7.26 Å². The number of ether oxygens (including phenoxy) is 2. The molecule has 0 saturated carbocycles. The Bertz CT molecular complexity index is 457. The van der Waals surface area contributed by atoms with Crippen molar-refractivity contribution in [2.45, 2.75) is 39.5 Å². The average molecular weight is 452 g/mol. The predicted octanol–water partition coefficient (Wildman–Crippen LogP) is 1.84. The van der Waals surface area contributed by atoms with Gasteiger partial charge in [0.1, 0.15) is 5.30 Å². The summed E-state index contributed by atoms with van der Waals surface area (Å²) in [5, 5.41) is 0.706. The van der Waals surface area contributed by atoms with Crippen LogP contribution in [0.2, 0.25) is 0 Å². The van der Waals surface area contributed by atoms with Gasteiger partial charge in [-0.3, -0.25) is 0 Å². The quantitative estimate of drug-likeness (QED) is 0.326. The first kappa shape index (κ1) is 22.3. The SMILES string of the molecule is CCCCOC(=O)[P+](C)(C(=O)OCCCC)c1ccccc1.[I-]. The van der Waals surface area contributed by atoms with E-state index in [1.165, 1.54) is 0 Å². The number of carbonyl (C=O) groups is 2. The molecule has 0 radical (unpaired) electrons. The van der Waals surface area contributed by atoms with Crippen LogP contribution in [-0.2, 0) is 9.47 Å². The van der Waals surface area contributed by atoms with Crippen LogP contribution in [-0.4, -0.2) is 31.3 Å². The largest absolute Gasteiger partial charge is 1.00 e. The Morgan fingerprint density at radius 1 is 0.913 bits per heavy atom. The van der Waals surface area contributed by atoms with Crippen molar-refractivity contribution in [2.24, 2.45) is 0 Å². The standard InChI is InChI=1S/C17H26O4P.HI/c1-4-6-13-20-16(18)22(3,15-11-9-8-10-12-15)17(19)21-14-7-5-2;/h8-12H,4-7,13-14H2,1-3H3;1H/q+1;/p-1. The third-order valence-electron chi connectivity index (χ3n) is 3.45. The molecule has 0 aromatic heterocycles. The Kier molecular flexibility index (Phi) is 11.4. The van der Waals surface area contributed by atoms with Crippen LogP contribution < -0.4 is 29.3 Å². The average Bonchev–Trinajstić information content (AvgIpc) is 2.55. The lowest BCUT2D eigenvalue weighted by Gasteiger charge is -2.17. The van der Waals surface area contributed by atoms with Crippen LogP contribution >= 0.6 is 7.26 Å². The van der Waals surface area contributed by atoms with E-state index >= 15 is 0 Å². The third kappa shape index (κ3) is 6.38. The van der Waals surface area contributed by atoms with E-state index in [0.29, 0.717) is 18.5 Å². The second kappa shape index (κ2) is 11.8. The molecule has 1 aromatic carbocycles. The van der Waals surface area contributed by atoms with Gasteiger partial charge in [-0.15, -0.1) is 0 Å². The van der Waals surface area contributed by atoms with E-state index in [0.717, 1.165) is 25.7 Å². The molecule has 0 bridgehead atoms. The molecule has 0 aliphatic heterocycles. The van der Waals surface area contributed by atoms with Crippen LogP contribution in [0.4, 0.5) is 9.59 Å². The molecular weight excluding hydrogens is 426 g/mol. The van der Waals surface area contributed by atoms with Gasteiger partial charge in [0, 0.05) is 0 Å². The summed E-state index contributed by atoms with van der Waals surface area (Å²) in [6.07, 6.45) is 3.47. The zero-order valence-electron chi connectivity index (χ0n) is 14.1. The molecule has 0 unspecified atom stereocenters. The van der Waals surface area contributed by atoms with Crippen molar-refractivity contribution in [1.29, 1.82) is 0 Å². The summed E-state index contributed by atoms with van der Waals surface area (Å²) in [5.74, 6) is 0. The van der Waals surface area contributed by atoms with Gasteiger partial charge in [0.05, 0.1) is 19.9 Å². The fourth-order valence-electron chi connectivity index (χ4n) is 1.88. The molecular formula is C17H26IO4P. The molecule has 0 spiro atoms. The topological polar surface area (TPSA) is 52.6 Å². The normalized spacial score (nSPS) is 10.6. The number of rotatable bonds is 9. The van der Waals surface area contributed by atoms with E-state index in [4.69, 9.17) is 9.47 Å². The zero-order chi connectivity index (χ0) is 16.4. The molecule has 130 valence electrons. The summed E-state index contributed by atoms with van der Waals surface area (Å²) in [4.78, 5) is 25.1. The minimum Gasteiger partial charge on any atom is -1.00 e. The smallest absolute Gasteiger partial charge is 0.468 e. The van der Waals surface area contributed by atoms with Crippen molar-refractivity contribution in [3.63, 3.8) is 0 Å². The van der Waals surface area contributed by atoms with Gasteiger partial charge in [-0.2, -0.15) is 0 Å². The summed E-state index contributed by atoms with van der Waals surface area (Å²) in [5.41, 5.74) is -0.873. The van der Waals surface area contributed by atoms with Crippen molar-refractivity contribution in [3.8, 4) is 0 Å². The van der Waals surface area contributed by atoms with Crippen molar-refractivity contribution < 1.29 is 43.0 Å². The number of carbonyl (C=O) groups excluding carboxylic acids is 2. The number of unbranched alkanes of at least 4 members (excludes halogenated alkanes) is 2. The van der Waals surface area contributed by atoms with Gasteiger partial charge >= 0.3 is 11.4 Å². The summed E-state index contributed by atoms with van der Waals surface area (Å²) < 4.78 is 10.7. The Hall–Kier alpha value is -0.680. The molecule has 0 atom stereocenters. The first-order chi connectivity index (χ1) is 10.6. The van der Waals surface area contributed by atoms with E-state index in [-0.39, 0.29) is 24.0 Å². The fraction of sp³-hybridized carbons (Fsp3) is 0.529. The van der Waals surface area contributed by atoms with Crippen LogP contribution in [0.3, 0.4) is 0 Å². The number of hydrogen-bond acceptors (Lipinski definition) is 4. The maximum absolute atomic E-state index is 12.5. The number of benzene rings is 1. The maximum Gasteiger partial charge on any atom is 0.468 e. The molecule has 0 N–H and O–H groups in total. The highest BCUT2D eigenvalue weighted by atomic mass is 127. The molecule has 0 aliphatic carbocycles. The van der Waals surface area contributed by atoms with E-state index in [1.807, 2.05) is 32.0 Å². The lowest BCUT2D eigenvalue weighted by molar-refractivity contribution is -0.0000145. The summed E-state index contributed by atoms with van der Waals surface area (Å²) in [6.45, 7) is 6.43. The molecule has 4 nitrogen and oxygen atoms in total. The third-order valence-corrected chi connectivity index (χ3v) is 6.50. The van der Waals surface area contributed by atoms with Gasteiger partial charge in [-0.1, -0.05) is 44.9 Å². The molecule has 6 heteroatoms. The van der Waals surface area contributed by atoms with E-state index in [2.05, 4.69) is 0 Å². The number of hydrogen-bond donors (Lipinski definition) is 0. The van der Waals surface area contributed by atoms with Crippen molar-refractivity contribution in [2.75, 3.05) is 19.9 Å². The Labute approximate surface area is 156 Å². The first-order valence-electron chi connectivity index (χ1n) is 7.84. The van der Waals surface area contributed by atoms with Gasteiger partial charge in [-0.25, -0.2) is 9.59 Å². The molecule has 0 aliphatic rings. The lowest BCUT2D eigenvalue weighted by atomic mass is 10.4. The van der Waals surface area contributed by atoms with Crippen molar-refractivity contribution in [1.82, 2.24) is 0 Å². The van der Waals surface area contributed by atoms with Crippen LogP contribution in [0.5, 0.6) is 0 Å². The van der Waals surface area contributed by atoms with Crippen molar-refractivity contribution in [3.05, 3.63) is 30.3 Å². The highest BCUT2D eigenvalue weighted by Gasteiger charge is 2.56. The van der Waals surface area contributed by atoms with Crippen LogP contribution in [0.1, 0.15) is 39.5 Å². The highest BCUT2D eigenvalue weighted by Crippen LogP contribution is 2.57. The van der Waals surface area contributed by atoms with E-state index in [1.54, 1.807) is 18.8 Å². The highest BCUT2D eigenvalue weighted by molar-refractivity contribution is 8.08. The molecule has 0 fully saturated rings. The summed E-state index contributed by atoms with van der Waals surface area (Å²) in [6, 6.07) is 9.11. The van der Waals surface area contributed by atoms with Crippen LogP contribution in [0.25, 0.3) is 0 Å². The summed E-state index contributed by atoms with van der Waals surface area (Å²) >= 11 is 0. The minimum absolute atomic E-state index is 0. The minimum atomic E-state index is -2.81. The molecule has 23 heavy (non-hydrogen) atoms.